The average molecular weight is 439 g/mol. The van der Waals surface area contributed by atoms with Gasteiger partial charge in [0.1, 0.15) is 5.82 Å². The van der Waals surface area contributed by atoms with Gasteiger partial charge in [-0.2, -0.15) is 0 Å². The predicted molar refractivity (Wildman–Crippen MR) is 122 cm³/mol. The van der Waals surface area contributed by atoms with Gasteiger partial charge < -0.3 is 20.7 Å². The van der Waals surface area contributed by atoms with E-state index in [9.17, 15) is 9.59 Å². The first-order chi connectivity index (χ1) is 15.1. The molecule has 2 aromatic heterocycles. The number of likely N-dealkylation sites (tertiary alicyclic amines) is 1. The molecule has 0 bridgehead atoms. The SMILES string of the molecule is COCCNC(=O)c1sc2ccccc2c1C[C@@H]1CCCN1C(=O)c1ccc(N)nc1. The Bertz CT molecular complexity index is 1080. The number of nitrogens with zero attached hydrogens (tertiary/aromatic N) is 2. The third-order valence-electron chi connectivity index (χ3n) is 5.61. The molecule has 1 aromatic carbocycles. The van der Waals surface area contributed by atoms with Crippen molar-refractivity contribution in [2.75, 3.05) is 32.5 Å². The number of nitrogen functional groups attached to an aromatic ring is 1. The second-order valence-corrected chi connectivity index (χ2v) is 8.68. The van der Waals surface area contributed by atoms with Gasteiger partial charge in [0.2, 0.25) is 0 Å². The largest absolute Gasteiger partial charge is 0.384 e. The molecule has 1 saturated heterocycles. The fourth-order valence-electron chi connectivity index (χ4n) is 4.08. The molecule has 2 amide bonds. The molecule has 0 radical (unpaired) electrons. The standard InChI is InChI=1S/C23H26N4O3S/c1-30-12-10-25-22(28)21-18(17-6-2-3-7-19(17)31-21)13-16-5-4-11-27(16)23(29)15-8-9-20(24)26-14-15/h2-3,6-9,14,16H,4-5,10-13H2,1H3,(H2,24,26)(H,25,28)/t16-/m0/s1. The Morgan fingerprint density at radius 2 is 2.13 bits per heavy atom. The van der Waals surface area contributed by atoms with Crippen LogP contribution in [0.5, 0.6) is 0 Å². The zero-order valence-electron chi connectivity index (χ0n) is 17.5. The highest BCUT2D eigenvalue weighted by Gasteiger charge is 2.32. The van der Waals surface area contributed by atoms with Crippen molar-refractivity contribution in [2.45, 2.75) is 25.3 Å². The lowest BCUT2D eigenvalue weighted by Crippen LogP contribution is -2.37. The van der Waals surface area contributed by atoms with Crippen LogP contribution in [0.4, 0.5) is 5.82 Å². The minimum atomic E-state index is -0.0909. The number of anilines is 1. The Labute approximate surface area is 185 Å². The maximum absolute atomic E-state index is 13.1. The van der Waals surface area contributed by atoms with Crippen molar-refractivity contribution in [1.82, 2.24) is 15.2 Å². The summed E-state index contributed by atoms with van der Waals surface area (Å²) >= 11 is 1.50. The van der Waals surface area contributed by atoms with Gasteiger partial charge >= 0.3 is 0 Å². The highest BCUT2D eigenvalue weighted by atomic mass is 32.1. The summed E-state index contributed by atoms with van der Waals surface area (Å²) in [5.74, 6) is 0.260. The number of hydrogen-bond acceptors (Lipinski definition) is 6. The molecular formula is C23H26N4O3S. The van der Waals surface area contributed by atoms with E-state index in [-0.39, 0.29) is 17.9 Å². The Morgan fingerprint density at radius 3 is 2.90 bits per heavy atom. The number of rotatable bonds is 7. The molecule has 162 valence electrons. The van der Waals surface area contributed by atoms with E-state index in [2.05, 4.69) is 16.4 Å². The first kappa shape index (κ1) is 21.3. The van der Waals surface area contributed by atoms with E-state index in [0.717, 1.165) is 28.5 Å². The molecule has 1 aliphatic rings. The number of nitrogens with one attached hydrogen (secondary N) is 1. The summed E-state index contributed by atoms with van der Waals surface area (Å²) in [6, 6.07) is 11.5. The van der Waals surface area contributed by atoms with Gasteiger partial charge in [0, 0.05) is 37.1 Å². The number of pyridine rings is 1. The predicted octanol–water partition coefficient (Wildman–Crippen LogP) is 3.10. The zero-order chi connectivity index (χ0) is 21.8. The molecule has 3 N–H and O–H groups in total. The fourth-order valence-corrected chi connectivity index (χ4v) is 5.23. The smallest absolute Gasteiger partial charge is 0.261 e. The molecule has 0 saturated carbocycles. The van der Waals surface area contributed by atoms with Crippen LogP contribution < -0.4 is 11.1 Å². The van der Waals surface area contributed by atoms with Gasteiger partial charge in [0.25, 0.3) is 11.8 Å². The number of thiophene rings is 1. The van der Waals surface area contributed by atoms with Gasteiger partial charge in [0.15, 0.2) is 0 Å². The average Bonchev–Trinajstić information content (AvgIpc) is 3.39. The molecular weight excluding hydrogens is 412 g/mol. The van der Waals surface area contributed by atoms with Crippen LogP contribution in [0.25, 0.3) is 10.1 Å². The van der Waals surface area contributed by atoms with Gasteiger partial charge in [0.05, 0.1) is 17.0 Å². The van der Waals surface area contributed by atoms with Gasteiger partial charge in [-0.3, -0.25) is 9.59 Å². The minimum Gasteiger partial charge on any atom is -0.384 e. The second kappa shape index (κ2) is 9.45. The highest BCUT2D eigenvalue weighted by Crippen LogP contribution is 2.34. The van der Waals surface area contributed by atoms with Crippen molar-refractivity contribution < 1.29 is 14.3 Å². The molecule has 1 atom stereocenters. The monoisotopic (exact) mass is 438 g/mol. The van der Waals surface area contributed by atoms with Crippen LogP contribution in [-0.2, 0) is 11.2 Å². The number of aromatic nitrogens is 1. The lowest BCUT2D eigenvalue weighted by atomic mass is 10.00. The van der Waals surface area contributed by atoms with Crippen LogP contribution in [0.1, 0.15) is 38.4 Å². The van der Waals surface area contributed by atoms with Crippen molar-refractivity contribution in [3.05, 3.63) is 58.6 Å². The molecule has 8 heteroatoms. The van der Waals surface area contributed by atoms with Crippen LogP contribution in [0, 0.1) is 0 Å². The van der Waals surface area contributed by atoms with Crippen molar-refractivity contribution in [3.63, 3.8) is 0 Å². The van der Waals surface area contributed by atoms with E-state index in [0.29, 0.717) is 42.4 Å². The Kier molecular flexibility index (Phi) is 6.48. The van der Waals surface area contributed by atoms with Crippen molar-refractivity contribution in [3.8, 4) is 0 Å². The van der Waals surface area contributed by atoms with Crippen LogP contribution in [0.2, 0.25) is 0 Å². The van der Waals surface area contributed by atoms with Gasteiger partial charge in [-0.25, -0.2) is 4.98 Å². The van der Waals surface area contributed by atoms with Crippen LogP contribution in [0.3, 0.4) is 0 Å². The number of hydrogen-bond donors (Lipinski definition) is 2. The lowest BCUT2D eigenvalue weighted by Gasteiger charge is -2.25. The van der Waals surface area contributed by atoms with Crippen LogP contribution in [0.15, 0.2) is 42.6 Å². The summed E-state index contributed by atoms with van der Waals surface area (Å²) in [4.78, 5) is 32.7. The number of carbonyl (C=O) groups is 2. The zero-order valence-corrected chi connectivity index (χ0v) is 18.3. The number of carbonyl (C=O) groups excluding carboxylic acids is 2. The van der Waals surface area contributed by atoms with Crippen LogP contribution in [-0.4, -0.2) is 54.5 Å². The number of fused-ring (bicyclic) bond motifs is 1. The Morgan fingerprint density at radius 1 is 1.29 bits per heavy atom. The molecule has 3 heterocycles. The number of benzene rings is 1. The normalized spacial score (nSPS) is 16.0. The van der Waals surface area contributed by atoms with Crippen molar-refractivity contribution in [2.24, 2.45) is 0 Å². The molecule has 0 aliphatic carbocycles. The summed E-state index contributed by atoms with van der Waals surface area (Å²) < 4.78 is 6.12. The van der Waals surface area contributed by atoms with Crippen molar-refractivity contribution in [1.29, 1.82) is 0 Å². The quantitative estimate of drug-likeness (QED) is 0.553. The molecule has 4 rings (SSSR count). The third-order valence-corrected chi connectivity index (χ3v) is 6.82. The van der Waals surface area contributed by atoms with E-state index in [1.54, 1.807) is 19.2 Å². The van der Waals surface area contributed by atoms with E-state index in [1.165, 1.54) is 17.5 Å². The van der Waals surface area contributed by atoms with Gasteiger partial charge in [-0.05, 0) is 48.4 Å². The molecule has 3 aromatic rings. The first-order valence-electron chi connectivity index (χ1n) is 10.4. The van der Waals surface area contributed by atoms with E-state index >= 15 is 0 Å². The minimum absolute atomic E-state index is 0.0357. The van der Waals surface area contributed by atoms with Crippen molar-refractivity contribution >= 4 is 39.1 Å². The summed E-state index contributed by atoms with van der Waals surface area (Å²) in [5.41, 5.74) is 7.20. The summed E-state index contributed by atoms with van der Waals surface area (Å²) in [7, 11) is 1.61. The molecule has 1 aliphatic heterocycles. The fraction of sp³-hybridized carbons (Fsp3) is 0.348. The van der Waals surface area contributed by atoms with Gasteiger partial charge in [-0.1, -0.05) is 18.2 Å². The number of ether oxygens (including phenoxy) is 1. The maximum Gasteiger partial charge on any atom is 0.261 e. The highest BCUT2D eigenvalue weighted by molar-refractivity contribution is 7.21. The molecule has 0 spiro atoms. The Balaban J connectivity index is 1.60. The second-order valence-electron chi connectivity index (χ2n) is 7.63. The van der Waals surface area contributed by atoms with E-state index in [1.807, 2.05) is 23.1 Å². The maximum atomic E-state index is 13.1. The molecule has 0 unspecified atom stereocenters. The van der Waals surface area contributed by atoms with Crippen LogP contribution >= 0.6 is 11.3 Å². The summed E-state index contributed by atoms with van der Waals surface area (Å²) in [6.07, 6.45) is 4.02. The topological polar surface area (TPSA) is 97.5 Å². The van der Waals surface area contributed by atoms with E-state index in [4.69, 9.17) is 10.5 Å². The first-order valence-corrected chi connectivity index (χ1v) is 11.2. The summed E-state index contributed by atoms with van der Waals surface area (Å²) in [5, 5.41) is 4.02. The molecule has 1 fully saturated rings. The summed E-state index contributed by atoms with van der Waals surface area (Å²) in [6.45, 7) is 1.62. The Hall–Kier alpha value is -2.97. The van der Waals surface area contributed by atoms with Gasteiger partial charge in [-0.15, -0.1) is 11.3 Å². The number of amides is 2. The third kappa shape index (κ3) is 4.55. The molecule has 7 nitrogen and oxygen atoms in total. The van der Waals surface area contributed by atoms with E-state index < -0.39 is 0 Å². The number of methoxy groups -OCH3 is 1. The molecule has 31 heavy (non-hydrogen) atoms. The lowest BCUT2D eigenvalue weighted by molar-refractivity contribution is 0.0736. The number of nitrogens with two attached hydrogens (primary N) is 1.